The van der Waals surface area contributed by atoms with Gasteiger partial charge in [-0.1, -0.05) is 24.3 Å². The third kappa shape index (κ3) is 4.04. The van der Waals surface area contributed by atoms with Crippen molar-refractivity contribution in [3.8, 4) is 5.75 Å². The molecular weight excluding hydrogens is 398 g/mol. The smallest absolute Gasteiger partial charge is 0.269 e. The van der Waals surface area contributed by atoms with E-state index >= 15 is 0 Å². The van der Waals surface area contributed by atoms with Gasteiger partial charge in [-0.3, -0.25) is 10.1 Å². The predicted octanol–water partition coefficient (Wildman–Crippen LogP) is 4.07. The number of rotatable bonds is 5. The summed E-state index contributed by atoms with van der Waals surface area (Å²) in [6, 6.07) is 16.3. The Balaban J connectivity index is 1.35. The third-order valence-corrected chi connectivity index (χ3v) is 5.85. The van der Waals surface area contributed by atoms with Crippen molar-refractivity contribution in [2.75, 3.05) is 31.2 Å². The van der Waals surface area contributed by atoms with Crippen LogP contribution < -0.4 is 9.64 Å². The van der Waals surface area contributed by atoms with Crippen LogP contribution in [0.2, 0.25) is 0 Å². The maximum absolute atomic E-state index is 11.0. The van der Waals surface area contributed by atoms with Gasteiger partial charge in [0.2, 0.25) is 0 Å². The highest BCUT2D eigenvalue weighted by atomic mass is 16.7. The molecule has 0 unspecified atom stereocenters. The van der Waals surface area contributed by atoms with Crippen molar-refractivity contribution in [3.63, 3.8) is 0 Å². The average Bonchev–Trinajstić information content (AvgIpc) is 3.26. The van der Waals surface area contributed by atoms with Crippen molar-refractivity contribution in [3.05, 3.63) is 70.3 Å². The SMILES string of the molecule is O=[N+]([O-])c1cccc(COc2cccc3ccc(N4CCC5(CC4)OCCO5)nc23)c1. The molecule has 2 saturated heterocycles. The number of benzene rings is 2. The van der Waals surface area contributed by atoms with Gasteiger partial charge in [0.05, 0.1) is 18.1 Å². The van der Waals surface area contributed by atoms with E-state index in [9.17, 15) is 10.1 Å². The normalized spacial score (nSPS) is 17.9. The molecule has 0 bridgehead atoms. The zero-order chi connectivity index (χ0) is 21.3. The van der Waals surface area contributed by atoms with Crippen LogP contribution in [0.5, 0.6) is 5.75 Å². The molecule has 8 heteroatoms. The number of nitro groups is 1. The Labute approximate surface area is 179 Å². The van der Waals surface area contributed by atoms with Crippen molar-refractivity contribution in [2.45, 2.75) is 25.2 Å². The summed E-state index contributed by atoms with van der Waals surface area (Å²) in [6.45, 7) is 3.19. The summed E-state index contributed by atoms with van der Waals surface area (Å²) in [5, 5.41) is 12.0. The second-order valence-electron chi connectivity index (χ2n) is 7.81. The van der Waals surface area contributed by atoms with Crippen LogP contribution in [0, 0.1) is 10.1 Å². The Kier molecular flexibility index (Phi) is 5.17. The van der Waals surface area contributed by atoms with Crippen molar-refractivity contribution in [1.29, 1.82) is 0 Å². The first-order valence-corrected chi connectivity index (χ1v) is 10.4. The molecule has 0 atom stereocenters. The maximum atomic E-state index is 11.0. The van der Waals surface area contributed by atoms with Crippen molar-refractivity contribution < 1.29 is 19.1 Å². The van der Waals surface area contributed by atoms with E-state index in [0.29, 0.717) is 19.0 Å². The number of hydrogen-bond donors (Lipinski definition) is 0. The van der Waals surface area contributed by atoms with E-state index in [4.69, 9.17) is 19.2 Å². The van der Waals surface area contributed by atoms with Gasteiger partial charge in [0, 0.05) is 43.5 Å². The number of piperidine rings is 1. The van der Waals surface area contributed by atoms with Crippen LogP contribution in [-0.4, -0.2) is 42.0 Å². The predicted molar refractivity (Wildman–Crippen MR) is 115 cm³/mol. The summed E-state index contributed by atoms with van der Waals surface area (Å²) < 4.78 is 17.7. The van der Waals surface area contributed by atoms with Crippen molar-refractivity contribution >= 4 is 22.4 Å². The second kappa shape index (κ2) is 8.13. The van der Waals surface area contributed by atoms with Crippen LogP contribution in [0.25, 0.3) is 10.9 Å². The molecule has 8 nitrogen and oxygen atoms in total. The van der Waals surface area contributed by atoms with Gasteiger partial charge in [-0.05, 0) is 23.8 Å². The Morgan fingerprint density at radius 3 is 2.61 bits per heavy atom. The molecule has 0 saturated carbocycles. The number of non-ortho nitro benzene ring substituents is 1. The first-order chi connectivity index (χ1) is 15.1. The molecule has 0 aliphatic carbocycles. The van der Waals surface area contributed by atoms with Gasteiger partial charge < -0.3 is 19.1 Å². The van der Waals surface area contributed by atoms with Gasteiger partial charge in [0.25, 0.3) is 5.69 Å². The molecule has 0 radical (unpaired) electrons. The summed E-state index contributed by atoms with van der Waals surface area (Å²) in [6.07, 6.45) is 1.63. The fraction of sp³-hybridized carbons (Fsp3) is 0.348. The number of pyridine rings is 1. The van der Waals surface area contributed by atoms with Crippen molar-refractivity contribution in [2.24, 2.45) is 0 Å². The lowest BCUT2D eigenvalue weighted by Crippen LogP contribution is -2.45. The lowest BCUT2D eigenvalue weighted by Gasteiger charge is -2.38. The molecule has 5 rings (SSSR count). The molecule has 3 heterocycles. The topological polar surface area (TPSA) is 87.0 Å². The van der Waals surface area contributed by atoms with Gasteiger partial charge in [0.15, 0.2) is 5.79 Å². The standard InChI is InChI=1S/C23H23N3O5/c27-26(28)19-5-1-3-17(15-19)16-29-20-6-2-4-18-7-8-21(24-22(18)20)25-11-9-23(10-12-25)30-13-14-31-23/h1-8,15H,9-14,16H2. The molecule has 1 aromatic heterocycles. The van der Waals surface area contributed by atoms with E-state index in [1.807, 2.05) is 36.4 Å². The van der Waals surface area contributed by atoms with E-state index in [1.54, 1.807) is 6.07 Å². The summed E-state index contributed by atoms with van der Waals surface area (Å²) in [5.74, 6) is 1.13. The molecule has 0 amide bonds. The van der Waals surface area contributed by atoms with E-state index in [-0.39, 0.29) is 12.3 Å². The zero-order valence-corrected chi connectivity index (χ0v) is 17.0. The quantitative estimate of drug-likeness (QED) is 0.453. The highest BCUT2D eigenvalue weighted by Crippen LogP contribution is 2.34. The van der Waals surface area contributed by atoms with E-state index in [0.717, 1.165) is 48.2 Å². The summed E-state index contributed by atoms with van der Waals surface area (Å²) in [5.41, 5.74) is 1.57. The molecule has 3 aromatic rings. The first-order valence-electron chi connectivity index (χ1n) is 10.4. The number of nitrogens with zero attached hydrogens (tertiary/aromatic N) is 3. The molecule has 2 aliphatic rings. The number of fused-ring (bicyclic) bond motifs is 1. The zero-order valence-electron chi connectivity index (χ0n) is 17.0. The minimum atomic E-state index is -0.417. The lowest BCUT2D eigenvalue weighted by molar-refractivity contribution is -0.384. The monoisotopic (exact) mass is 421 g/mol. The Bertz CT molecular complexity index is 1100. The fourth-order valence-electron chi connectivity index (χ4n) is 4.19. The van der Waals surface area contributed by atoms with Gasteiger partial charge in [-0.25, -0.2) is 4.98 Å². The third-order valence-electron chi connectivity index (χ3n) is 5.85. The van der Waals surface area contributed by atoms with Crippen LogP contribution in [0.3, 0.4) is 0 Å². The van der Waals surface area contributed by atoms with Gasteiger partial charge in [0.1, 0.15) is 23.7 Å². The first kappa shape index (κ1) is 19.7. The summed E-state index contributed by atoms with van der Waals surface area (Å²) in [7, 11) is 0. The molecular formula is C23H23N3O5. The average molecular weight is 421 g/mol. The Morgan fingerprint density at radius 2 is 1.84 bits per heavy atom. The second-order valence-corrected chi connectivity index (χ2v) is 7.81. The van der Waals surface area contributed by atoms with Crippen LogP contribution >= 0.6 is 0 Å². The number of hydrogen-bond acceptors (Lipinski definition) is 7. The van der Waals surface area contributed by atoms with E-state index < -0.39 is 10.7 Å². The molecule has 2 aliphatic heterocycles. The largest absolute Gasteiger partial charge is 0.487 e. The number of aromatic nitrogens is 1. The number of ether oxygens (including phenoxy) is 3. The highest BCUT2D eigenvalue weighted by molar-refractivity contribution is 5.86. The van der Waals surface area contributed by atoms with E-state index in [1.165, 1.54) is 12.1 Å². The lowest BCUT2D eigenvalue weighted by atomic mass is 10.0. The molecule has 2 fully saturated rings. The van der Waals surface area contributed by atoms with Gasteiger partial charge in [-0.2, -0.15) is 0 Å². The molecule has 0 N–H and O–H groups in total. The van der Waals surface area contributed by atoms with Crippen LogP contribution in [0.1, 0.15) is 18.4 Å². The number of nitro benzene ring substituents is 1. The summed E-state index contributed by atoms with van der Waals surface area (Å²) in [4.78, 5) is 17.7. The fourth-order valence-corrected chi connectivity index (χ4v) is 4.19. The molecule has 1 spiro atoms. The van der Waals surface area contributed by atoms with Gasteiger partial charge >= 0.3 is 0 Å². The molecule has 2 aromatic carbocycles. The highest BCUT2D eigenvalue weighted by Gasteiger charge is 2.40. The van der Waals surface area contributed by atoms with E-state index in [2.05, 4.69) is 4.90 Å². The molecule has 160 valence electrons. The minimum absolute atomic E-state index is 0.0533. The molecule has 31 heavy (non-hydrogen) atoms. The van der Waals surface area contributed by atoms with Gasteiger partial charge in [-0.15, -0.1) is 0 Å². The van der Waals surface area contributed by atoms with Crippen LogP contribution in [0.15, 0.2) is 54.6 Å². The maximum Gasteiger partial charge on any atom is 0.269 e. The van der Waals surface area contributed by atoms with Crippen molar-refractivity contribution in [1.82, 2.24) is 4.98 Å². The summed E-state index contributed by atoms with van der Waals surface area (Å²) >= 11 is 0. The Morgan fingerprint density at radius 1 is 1.06 bits per heavy atom. The van der Waals surface area contributed by atoms with Crippen LogP contribution in [-0.2, 0) is 16.1 Å². The van der Waals surface area contributed by atoms with Crippen LogP contribution in [0.4, 0.5) is 11.5 Å². The number of anilines is 1. The minimum Gasteiger partial charge on any atom is -0.487 e. The Hall–Kier alpha value is -3.23. The number of para-hydroxylation sites is 1.